The van der Waals surface area contributed by atoms with Crippen LogP contribution in [0.25, 0.3) is 0 Å². The molecule has 1 unspecified atom stereocenters. The predicted octanol–water partition coefficient (Wildman–Crippen LogP) is 1.86. The van der Waals surface area contributed by atoms with Crippen LogP contribution in [0.5, 0.6) is 0 Å². The molecule has 2 amide bonds. The number of carbonyl (C=O) groups is 2. The second kappa shape index (κ2) is 5.39. The smallest absolute Gasteiger partial charge is 0.229 e. The summed E-state index contributed by atoms with van der Waals surface area (Å²) in [6.45, 7) is 2.16. The van der Waals surface area contributed by atoms with E-state index >= 15 is 0 Å². The molecule has 1 spiro atoms. The van der Waals surface area contributed by atoms with E-state index < -0.39 is 6.10 Å². The molecular formula is C14H23NO3. The van der Waals surface area contributed by atoms with Gasteiger partial charge in [-0.2, -0.15) is 0 Å². The van der Waals surface area contributed by atoms with E-state index in [0.717, 1.165) is 32.1 Å². The van der Waals surface area contributed by atoms with Gasteiger partial charge in [0.2, 0.25) is 11.8 Å². The Hall–Kier alpha value is -0.900. The van der Waals surface area contributed by atoms with Gasteiger partial charge in [-0.25, -0.2) is 0 Å². The molecule has 2 aliphatic rings. The molecule has 1 atom stereocenters. The minimum Gasteiger partial charge on any atom is -0.391 e. The summed E-state index contributed by atoms with van der Waals surface area (Å²) in [6, 6.07) is 0. The number of carbonyl (C=O) groups excluding carboxylic acids is 2. The lowest BCUT2D eigenvalue weighted by atomic mass is 9.76. The molecule has 0 aromatic rings. The molecule has 0 aromatic heterocycles. The van der Waals surface area contributed by atoms with Crippen LogP contribution in [0.4, 0.5) is 0 Å². The zero-order valence-corrected chi connectivity index (χ0v) is 11.2. The number of hydrogen-bond donors (Lipinski definition) is 1. The van der Waals surface area contributed by atoms with E-state index in [9.17, 15) is 14.7 Å². The first kappa shape index (κ1) is 13.5. The van der Waals surface area contributed by atoms with E-state index in [1.54, 1.807) is 0 Å². The maximum absolute atomic E-state index is 12.1. The van der Waals surface area contributed by atoms with Gasteiger partial charge in [0.15, 0.2) is 0 Å². The largest absolute Gasteiger partial charge is 0.391 e. The fraction of sp³-hybridized carbons (Fsp3) is 0.857. The zero-order valence-electron chi connectivity index (χ0n) is 11.2. The summed E-state index contributed by atoms with van der Waals surface area (Å²) in [6.07, 6.45) is 6.23. The van der Waals surface area contributed by atoms with Crippen molar-refractivity contribution in [3.8, 4) is 0 Å². The van der Waals surface area contributed by atoms with E-state index in [1.807, 2.05) is 6.92 Å². The summed E-state index contributed by atoms with van der Waals surface area (Å²) in [5.74, 6) is -0.161. The summed E-state index contributed by atoms with van der Waals surface area (Å²) in [4.78, 5) is 25.5. The molecule has 0 aromatic carbocycles. The summed E-state index contributed by atoms with van der Waals surface area (Å²) in [5.41, 5.74) is -0.0413. The van der Waals surface area contributed by atoms with Gasteiger partial charge in [0.1, 0.15) is 0 Å². The van der Waals surface area contributed by atoms with Gasteiger partial charge < -0.3 is 5.11 Å². The number of rotatable bonds is 4. The van der Waals surface area contributed by atoms with Crippen LogP contribution < -0.4 is 0 Å². The summed E-state index contributed by atoms with van der Waals surface area (Å²) in [7, 11) is 0. The Balaban J connectivity index is 1.98. The van der Waals surface area contributed by atoms with Gasteiger partial charge in [0.05, 0.1) is 12.6 Å². The standard InChI is InChI=1S/C14H23NO3/c1-2-5-11(16)10-15-12(17)8-14(9-13(15)18)6-3-4-7-14/h11,16H,2-10H2,1H3. The number of hydrogen-bond acceptors (Lipinski definition) is 3. The number of piperidine rings is 1. The minimum atomic E-state index is -0.569. The second-order valence-electron chi connectivity index (χ2n) is 5.90. The van der Waals surface area contributed by atoms with Gasteiger partial charge >= 0.3 is 0 Å². The second-order valence-corrected chi connectivity index (χ2v) is 5.90. The highest BCUT2D eigenvalue weighted by Gasteiger charge is 2.45. The SMILES string of the molecule is CCCC(O)CN1C(=O)CC2(CCCC2)CC1=O. The third kappa shape index (κ3) is 2.74. The molecule has 18 heavy (non-hydrogen) atoms. The topological polar surface area (TPSA) is 57.6 Å². The Morgan fingerprint density at radius 3 is 2.28 bits per heavy atom. The molecule has 4 heteroatoms. The fourth-order valence-corrected chi connectivity index (χ4v) is 3.35. The van der Waals surface area contributed by atoms with E-state index in [0.29, 0.717) is 19.3 Å². The van der Waals surface area contributed by atoms with Crippen molar-refractivity contribution in [2.75, 3.05) is 6.54 Å². The van der Waals surface area contributed by atoms with Crippen LogP contribution in [0.3, 0.4) is 0 Å². The van der Waals surface area contributed by atoms with Gasteiger partial charge in [0.25, 0.3) is 0 Å². The molecule has 1 saturated heterocycles. The van der Waals surface area contributed by atoms with Crippen molar-refractivity contribution in [3.63, 3.8) is 0 Å². The third-order valence-corrected chi connectivity index (χ3v) is 4.33. The zero-order chi connectivity index (χ0) is 13.2. The first-order valence-electron chi connectivity index (χ1n) is 7.07. The van der Waals surface area contributed by atoms with Gasteiger partial charge in [-0.3, -0.25) is 14.5 Å². The van der Waals surface area contributed by atoms with Gasteiger partial charge in [-0.05, 0) is 24.7 Å². The van der Waals surface area contributed by atoms with Crippen molar-refractivity contribution < 1.29 is 14.7 Å². The Morgan fingerprint density at radius 1 is 1.22 bits per heavy atom. The van der Waals surface area contributed by atoms with Crippen molar-refractivity contribution in [2.45, 2.75) is 64.4 Å². The van der Waals surface area contributed by atoms with E-state index in [2.05, 4.69) is 0 Å². The molecule has 0 radical (unpaired) electrons. The minimum absolute atomic E-state index is 0.0413. The molecule has 1 heterocycles. The van der Waals surface area contributed by atoms with E-state index in [-0.39, 0.29) is 23.8 Å². The highest BCUT2D eigenvalue weighted by molar-refractivity contribution is 5.98. The van der Waals surface area contributed by atoms with Crippen LogP contribution >= 0.6 is 0 Å². The fourth-order valence-electron chi connectivity index (χ4n) is 3.35. The Labute approximate surface area is 108 Å². The molecular weight excluding hydrogens is 230 g/mol. The molecule has 1 aliphatic carbocycles. The summed E-state index contributed by atoms with van der Waals surface area (Å²) >= 11 is 0. The molecule has 2 fully saturated rings. The maximum atomic E-state index is 12.1. The summed E-state index contributed by atoms with van der Waals surface area (Å²) in [5, 5.41) is 9.75. The highest BCUT2D eigenvalue weighted by atomic mass is 16.3. The molecule has 102 valence electrons. The number of likely N-dealkylation sites (tertiary alicyclic amines) is 1. The predicted molar refractivity (Wildman–Crippen MR) is 67.8 cm³/mol. The average Bonchev–Trinajstić information content (AvgIpc) is 2.72. The van der Waals surface area contributed by atoms with Crippen LogP contribution in [0.1, 0.15) is 58.3 Å². The van der Waals surface area contributed by atoms with Crippen LogP contribution in [-0.4, -0.2) is 34.5 Å². The quantitative estimate of drug-likeness (QED) is 0.778. The Kier molecular flexibility index (Phi) is 4.05. The Bertz CT molecular complexity index is 314. The van der Waals surface area contributed by atoms with Crippen LogP contribution in [0, 0.1) is 5.41 Å². The highest BCUT2D eigenvalue weighted by Crippen LogP contribution is 2.46. The third-order valence-electron chi connectivity index (χ3n) is 4.33. The number of amides is 2. The lowest BCUT2D eigenvalue weighted by Gasteiger charge is -2.37. The molecule has 1 saturated carbocycles. The average molecular weight is 253 g/mol. The monoisotopic (exact) mass is 253 g/mol. The van der Waals surface area contributed by atoms with Crippen molar-refractivity contribution in [1.29, 1.82) is 0 Å². The normalized spacial score (nSPS) is 24.9. The number of aliphatic hydroxyl groups is 1. The van der Waals surface area contributed by atoms with E-state index in [1.165, 1.54) is 4.90 Å². The molecule has 2 rings (SSSR count). The molecule has 1 N–H and O–H groups in total. The van der Waals surface area contributed by atoms with Gasteiger partial charge in [0, 0.05) is 12.8 Å². The first-order valence-corrected chi connectivity index (χ1v) is 7.07. The van der Waals surface area contributed by atoms with Crippen molar-refractivity contribution in [1.82, 2.24) is 4.90 Å². The number of nitrogens with zero attached hydrogens (tertiary/aromatic N) is 1. The molecule has 1 aliphatic heterocycles. The molecule has 0 bridgehead atoms. The van der Waals surface area contributed by atoms with Crippen molar-refractivity contribution >= 4 is 11.8 Å². The lowest BCUT2D eigenvalue weighted by Crippen LogP contribution is -2.49. The summed E-state index contributed by atoms with van der Waals surface area (Å²) < 4.78 is 0. The maximum Gasteiger partial charge on any atom is 0.229 e. The van der Waals surface area contributed by atoms with Crippen molar-refractivity contribution in [2.24, 2.45) is 5.41 Å². The van der Waals surface area contributed by atoms with Crippen LogP contribution in [0.2, 0.25) is 0 Å². The Morgan fingerprint density at radius 2 is 1.78 bits per heavy atom. The number of imide groups is 1. The van der Waals surface area contributed by atoms with Gasteiger partial charge in [-0.1, -0.05) is 26.2 Å². The van der Waals surface area contributed by atoms with Gasteiger partial charge in [-0.15, -0.1) is 0 Å². The molecule has 4 nitrogen and oxygen atoms in total. The van der Waals surface area contributed by atoms with Crippen LogP contribution in [0.15, 0.2) is 0 Å². The first-order chi connectivity index (χ1) is 8.56. The number of β-amino-alcohol motifs (C(OH)–C–C–N with tert-alkyl or cyclic N) is 1. The van der Waals surface area contributed by atoms with Crippen LogP contribution in [-0.2, 0) is 9.59 Å². The lowest BCUT2D eigenvalue weighted by molar-refractivity contribution is -0.155. The van der Waals surface area contributed by atoms with E-state index in [4.69, 9.17) is 0 Å². The number of aliphatic hydroxyl groups excluding tert-OH is 1. The van der Waals surface area contributed by atoms with Crippen molar-refractivity contribution in [3.05, 3.63) is 0 Å².